The highest BCUT2D eigenvalue weighted by Crippen LogP contribution is 2.28. The fourth-order valence-corrected chi connectivity index (χ4v) is 3.72. The Morgan fingerprint density at radius 1 is 1.12 bits per heavy atom. The molecule has 1 amide bonds. The van der Waals surface area contributed by atoms with Crippen molar-refractivity contribution in [2.24, 2.45) is 0 Å². The lowest BCUT2D eigenvalue weighted by molar-refractivity contribution is -0.118. The number of nitrogens with one attached hydrogen (secondary N) is 1. The van der Waals surface area contributed by atoms with Crippen LogP contribution in [0.5, 0.6) is 5.75 Å². The number of rotatable bonds is 7. The van der Waals surface area contributed by atoms with Crippen LogP contribution >= 0.6 is 0 Å². The Morgan fingerprint density at radius 3 is 2.66 bits per heavy atom. The summed E-state index contributed by atoms with van der Waals surface area (Å²) >= 11 is 0. The van der Waals surface area contributed by atoms with Crippen LogP contribution in [0, 0.1) is 0 Å². The van der Waals surface area contributed by atoms with Gasteiger partial charge in [0.2, 0.25) is 11.2 Å². The second-order valence-electron chi connectivity index (χ2n) is 7.70. The highest BCUT2D eigenvalue weighted by atomic mass is 16.5. The minimum atomic E-state index is -0.422. The van der Waals surface area contributed by atoms with Crippen LogP contribution < -0.4 is 20.4 Å². The summed E-state index contributed by atoms with van der Waals surface area (Å²) in [6.07, 6.45) is 3.35. The number of carbonyl (C=O) groups excluding carboxylic acids is 2. The van der Waals surface area contributed by atoms with E-state index in [2.05, 4.69) is 22.3 Å². The van der Waals surface area contributed by atoms with E-state index in [4.69, 9.17) is 9.15 Å². The zero-order valence-electron chi connectivity index (χ0n) is 17.8. The van der Waals surface area contributed by atoms with Crippen LogP contribution in [0.4, 0.5) is 11.4 Å². The molecular formula is C25H24N2O5. The molecule has 2 aromatic carbocycles. The van der Waals surface area contributed by atoms with Gasteiger partial charge < -0.3 is 19.4 Å². The lowest BCUT2D eigenvalue weighted by atomic mass is 10.0. The number of hydrogen-bond donors (Lipinski definition) is 1. The summed E-state index contributed by atoms with van der Waals surface area (Å²) in [7, 11) is 0. The average molecular weight is 432 g/mol. The van der Waals surface area contributed by atoms with Crippen LogP contribution in [-0.2, 0) is 17.8 Å². The van der Waals surface area contributed by atoms with Crippen LogP contribution in [0.25, 0.3) is 0 Å². The maximum atomic E-state index is 12.4. The SMILES string of the molecule is CC(=O)c1ccc(NC(=O)COc2coc(CN3CCCc4ccccc43)cc2=O)cc1. The number of hydrogen-bond acceptors (Lipinski definition) is 6. The molecule has 7 heteroatoms. The Morgan fingerprint density at radius 2 is 1.91 bits per heavy atom. The van der Waals surface area contributed by atoms with Gasteiger partial charge in [0, 0.05) is 29.5 Å². The van der Waals surface area contributed by atoms with E-state index in [9.17, 15) is 14.4 Å². The first-order valence-electron chi connectivity index (χ1n) is 10.5. The van der Waals surface area contributed by atoms with Gasteiger partial charge in [-0.05, 0) is 55.7 Å². The maximum absolute atomic E-state index is 12.4. The Kier molecular flexibility index (Phi) is 6.35. The molecule has 0 spiro atoms. The van der Waals surface area contributed by atoms with Crippen molar-refractivity contribution in [1.82, 2.24) is 0 Å². The molecule has 0 saturated carbocycles. The van der Waals surface area contributed by atoms with Crippen LogP contribution in [0.2, 0.25) is 0 Å². The monoisotopic (exact) mass is 432 g/mol. The van der Waals surface area contributed by atoms with E-state index in [1.54, 1.807) is 24.3 Å². The van der Waals surface area contributed by atoms with Gasteiger partial charge in [-0.25, -0.2) is 0 Å². The number of anilines is 2. The predicted octanol–water partition coefficient (Wildman–Crippen LogP) is 3.81. The van der Waals surface area contributed by atoms with Crippen LogP contribution in [-0.4, -0.2) is 24.8 Å². The molecule has 164 valence electrons. The molecule has 4 rings (SSSR count). The van der Waals surface area contributed by atoms with E-state index in [0.29, 0.717) is 23.6 Å². The van der Waals surface area contributed by atoms with Gasteiger partial charge >= 0.3 is 0 Å². The van der Waals surface area contributed by atoms with Crippen molar-refractivity contribution in [2.75, 3.05) is 23.4 Å². The van der Waals surface area contributed by atoms with E-state index >= 15 is 0 Å². The lowest BCUT2D eigenvalue weighted by Crippen LogP contribution is -2.29. The van der Waals surface area contributed by atoms with Crippen LogP contribution in [0.3, 0.4) is 0 Å². The minimum absolute atomic E-state index is 0.0186. The molecule has 3 aromatic rings. The third-order valence-corrected chi connectivity index (χ3v) is 5.34. The van der Waals surface area contributed by atoms with Crippen molar-refractivity contribution in [3.8, 4) is 5.75 Å². The number of amides is 1. The van der Waals surface area contributed by atoms with E-state index < -0.39 is 5.91 Å². The molecule has 32 heavy (non-hydrogen) atoms. The molecule has 0 atom stereocenters. The summed E-state index contributed by atoms with van der Waals surface area (Å²) in [5.41, 5.74) is 3.21. The summed E-state index contributed by atoms with van der Waals surface area (Å²) in [6, 6.07) is 16.2. The third-order valence-electron chi connectivity index (χ3n) is 5.34. The maximum Gasteiger partial charge on any atom is 0.262 e. The predicted molar refractivity (Wildman–Crippen MR) is 121 cm³/mol. The number of ketones is 1. The number of benzene rings is 2. The van der Waals surface area contributed by atoms with Gasteiger partial charge in [-0.3, -0.25) is 14.4 Å². The van der Waals surface area contributed by atoms with Gasteiger partial charge in [0.05, 0.1) is 6.54 Å². The Bertz CT molecular complexity index is 1180. The van der Waals surface area contributed by atoms with Crippen molar-refractivity contribution in [2.45, 2.75) is 26.3 Å². The largest absolute Gasteiger partial charge is 0.477 e. The molecule has 0 unspecified atom stereocenters. The van der Waals surface area contributed by atoms with E-state index in [1.165, 1.54) is 24.8 Å². The Labute approximate surface area is 185 Å². The standard InChI is InChI=1S/C25H24N2O5/c1-17(28)18-8-10-20(11-9-18)26-25(30)16-32-24-15-31-21(13-23(24)29)14-27-12-4-6-19-5-2-3-7-22(19)27/h2-3,5,7-11,13,15H,4,6,12,14,16H2,1H3,(H,26,30). The number of Topliss-reactive ketones (excluding diaryl/α,β-unsaturated/α-hetero) is 1. The molecule has 2 heterocycles. The van der Waals surface area contributed by atoms with Crippen molar-refractivity contribution in [3.63, 3.8) is 0 Å². The lowest BCUT2D eigenvalue weighted by Gasteiger charge is -2.30. The number of para-hydroxylation sites is 1. The van der Waals surface area contributed by atoms with Gasteiger partial charge in [-0.15, -0.1) is 0 Å². The molecule has 0 radical (unpaired) electrons. The molecule has 0 bridgehead atoms. The van der Waals surface area contributed by atoms with Gasteiger partial charge in [0.25, 0.3) is 5.91 Å². The van der Waals surface area contributed by atoms with Crippen molar-refractivity contribution in [1.29, 1.82) is 0 Å². The third kappa shape index (κ3) is 5.06. The minimum Gasteiger partial charge on any atom is -0.477 e. The molecule has 0 aliphatic carbocycles. The molecule has 1 aliphatic heterocycles. The van der Waals surface area contributed by atoms with Crippen molar-refractivity contribution >= 4 is 23.1 Å². The molecule has 7 nitrogen and oxygen atoms in total. The van der Waals surface area contributed by atoms with E-state index in [0.717, 1.165) is 25.1 Å². The number of ether oxygens (including phenoxy) is 1. The van der Waals surface area contributed by atoms with Gasteiger partial charge in [-0.1, -0.05) is 18.2 Å². The summed E-state index contributed by atoms with van der Waals surface area (Å²) < 4.78 is 11.0. The number of nitrogens with zero attached hydrogens (tertiary/aromatic N) is 1. The van der Waals surface area contributed by atoms with Gasteiger partial charge in [-0.2, -0.15) is 0 Å². The van der Waals surface area contributed by atoms with Crippen molar-refractivity contribution < 1.29 is 18.7 Å². The molecule has 0 fully saturated rings. The molecule has 1 aromatic heterocycles. The van der Waals surface area contributed by atoms with Gasteiger partial charge in [0.1, 0.15) is 12.0 Å². The fraction of sp³-hybridized carbons (Fsp3) is 0.240. The molecule has 1 aliphatic rings. The highest BCUT2D eigenvalue weighted by Gasteiger charge is 2.18. The number of fused-ring (bicyclic) bond motifs is 1. The number of carbonyl (C=O) groups is 2. The first-order chi connectivity index (χ1) is 15.5. The topological polar surface area (TPSA) is 88.8 Å². The van der Waals surface area contributed by atoms with E-state index in [1.807, 2.05) is 12.1 Å². The second-order valence-corrected chi connectivity index (χ2v) is 7.70. The normalized spacial score (nSPS) is 12.7. The Balaban J connectivity index is 1.34. The van der Waals surface area contributed by atoms with Gasteiger partial charge in [0.15, 0.2) is 12.4 Å². The quantitative estimate of drug-likeness (QED) is 0.571. The molecule has 0 saturated heterocycles. The summed E-state index contributed by atoms with van der Waals surface area (Å²) in [5, 5.41) is 2.66. The summed E-state index contributed by atoms with van der Waals surface area (Å²) in [5.74, 6) is 0.0452. The smallest absolute Gasteiger partial charge is 0.262 e. The zero-order chi connectivity index (χ0) is 22.5. The number of aryl methyl sites for hydroxylation is 1. The highest BCUT2D eigenvalue weighted by molar-refractivity contribution is 5.95. The van der Waals surface area contributed by atoms with E-state index in [-0.39, 0.29) is 23.6 Å². The second kappa shape index (κ2) is 9.51. The molecular weight excluding hydrogens is 408 g/mol. The summed E-state index contributed by atoms with van der Waals surface area (Å²) in [6.45, 7) is 2.53. The van der Waals surface area contributed by atoms with Crippen LogP contribution in [0.15, 0.2) is 70.1 Å². The van der Waals surface area contributed by atoms with Crippen molar-refractivity contribution in [3.05, 3.63) is 88.0 Å². The zero-order valence-corrected chi connectivity index (χ0v) is 17.8. The first kappa shape index (κ1) is 21.4. The molecule has 1 N–H and O–H groups in total. The average Bonchev–Trinajstić information content (AvgIpc) is 2.79. The van der Waals surface area contributed by atoms with Crippen LogP contribution in [0.1, 0.15) is 35.0 Å². The summed E-state index contributed by atoms with van der Waals surface area (Å²) in [4.78, 5) is 38.1. The first-order valence-corrected chi connectivity index (χ1v) is 10.5. The Hall–Kier alpha value is -3.87. The fourth-order valence-electron chi connectivity index (χ4n) is 3.72.